The molecule has 0 amide bonds. The van der Waals surface area contributed by atoms with Gasteiger partial charge in [0.15, 0.2) is 5.78 Å². The number of esters is 2. The highest BCUT2D eigenvalue weighted by Crippen LogP contribution is 2.33. The number of hydrogen-bond acceptors (Lipinski definition) is 6. The Kier molecular flexibility index (Phi) is 7.34. The minimum atomic E-state index is -1.28. The fraction of sp³-hybridized carbons (Fsp3) is 0.286. The molecule has 0 aliphatic rings. The zero-order valence-corrected chi connectivity index (χ0v) is 17.4. The average Bonchev–Trinajstić information content (AvgIpc) is 2.63. The SMILES string of the molecule is CCOC(=O)c1cc(Br)cc(C(=O)C(C(=O)OC(C)C)c2ccccc2)c1O. The van der Waals surface area contributed by atoms with E-state index in [1.54, 1.807) is 51.1 Å². The van der Waals surface area contributed by atoms with E-state index in [9.17, 15) is 19.5 Å². The number of carbonyl (C=O) groups is 3. The maximum Gasteiger partial charge on any atom is 0.341 e. The molecule has 2 aromatic rings. The van der Waals surface area contributed by atoms with E-state index in [0.29, 0.717) is 10.0 Å². The Balaban J connectivity index is 2.55. The zero-order valence-electron chi connectivity index (χ0n) is 15.8. The van der Waals surface area contributed by atoms with Crippen molar-refractivity contribution in [1.82, 2.24) is 0 Å². The van der Waals surface area contributed by atoms with Gasteiger partial charge in [-0.05, 0) is 38.5 Å². The number of hydrogen-bond donors (Lipinski definition) is 1. The molecular formula is C21H21BrO6. The van der Waals surface area contributed by atoms with Crippen molar-refractivity contribution in [3.8, 4) is 5.75 Å². The summed E-state index contributed by atoms with van der Waals surface area (Å²) in [6.45, 7) is 5.10. The molecule has 0 heterocycles. The highest BCUT2D eigenvalue weighted by Gasteiger charge is 2.34. The van der Waals surface area contributed by atoms with Gasteiger partial charge in [0.1, 0.15) is 17.2 Å². The topological polar surface area (TPSA) is 89.9 Å². The van der Waals surface area contributed by atoms with E-state index in [1.165, 1.54) is 12.1 Å². The Hall–Kier alpha value is -2.67. The lowest BCUT2D eigenvalue weighted by Gasteiger charge is -2.18. The number of ketones is 1. The smallest absolute Gasteiger partial charge is 0.341 e. The highest BCUT2D eigenvalue weighted by atomic mass is 79.9. The van der Waals surface area contributed by atoms with Gasteiger partial charge in [0.2, 0.25) is 0 Å². The van der Waals surface area contributed by atoms with Crippen molar-refractivity contribution >= 4 is 33.7 Å². The molecule has 0 aliphatic carbocycles. The standard InChI is InChI=1S/C21H21BrO6/c1-4-27-20(25)16-11-14(22)10-15(18(16)23)19(24)17(21(26)28-12(2)3)13-8-6-5-7-9-13/h5-12,17,23H,4H2,1-3H3. The number of ether oxygens (including phenoxy) is 2. The van der Waals surface area contributed by atoms with Crippen LogP contribution in [0.1, 0.15) is 53.0 Å². The summed E-state index contributed by atoms with van der Waals surface area (Å²) in [5.74, 6) is -4.00. The molecule has 0 aliphatic heterocycles. The van der Waals surface area contributed by atoms with Gasteiger partial charge in [-0.1, -0.05) is 46.3 Å². The van der Waals surface area contributed by atoms with Gasteiger partial charge in [0.05, 0.1) is 18.3 Å². The molecule has 0 saturated heterocycles. The molecule has 2 rings (SSSR count). The number of Topliss-reactive ketones (excluding diaryl/α,β-unsaturated/α-hetero) is 1. The number of carbonyl (C=O) groups excluding carboxylic acids is 3. The van der Waals surface area contributed by atoms with E-state index in [-0.39, 0.29) is 17.7 Å². The van der Waals surface area contributed by atoms with Crippen molar-refractivity contribution in [3.05, 3.63) is 63.6 Å². The van der Waals surface area contributed by atoms with E-state index in [2.05, 4.69) is 15.9 Å². The third kappa shape index (κ3) is 4.98. The molecular weight excluding hydrogens is 428 g/mol. The van der Waals surface area contributed by atoms with Crippen LogP contribution in [-0.2, 0) is 14.3 Å². The molecule has 1 N–H and O–H groups in total. The van der Waals surface area contributed by atoms with Crippen molar-refractivity contribution in [3.63, 3.8) is 0 Å². The third-order valence-corrected chi connectivity index (χ3v) is 4.28. The first-order valence-electron chi connectivity index (χ1n) is 8.75. The molecule has 1 unspecified atom stereocenters. The summed E-state index contributed by atoms with van der Waals surface area (Å²) in [5, 5.41) is 10.5. The van der Waals surface area contributed by atoms with Crippen LogP contribution in [0, 0.1) is 0 Å². The van der Waals surface area contributed by atoms with Crippen LogP contribution in [0.2, 0.25) is 0 Å². The van der Waals surface area contributed by atoms with E-state index in [4.69, 9.17) is 9.47 Å². The van der Waals surface area contributed by atoms with E-state index in [1.807, 2.05) is 0 Å². The number of phenols is 1. The van der Waals surface area contributed by atoms with Gasteiger partial charge in [-0.25, -0.2) is 4.79 Å². The molecule has 0 saturated carbocycles. The molecule has 7 heteroatoms. The van der Waals surface area contributed by atoms with E-state index in [0.717, 1.165) is 0 Å². The first-order valence-corrected chi connectivity index (χ1v) is 9.54. The van der Waals surface area contributed by atoms with Crippen LogP contribution < -0.4 is 0 Å². The number of benzene rings is 2. The summed E-state index contributed by atoms with van der Waals surface area (Å²) in [5.41, 5.74) is 0.0887. The van der Waals surface area contributed by atoms with Crippen LogP contribution in [-0.4, -0.2) is 35.5 Å². The van der Waals surface area contributed by atoms with Gasteiger partial charge in [0.25, 0.3) is 0 Å². The molecule has 0 fully saturated rings. The maximum atomic E-state index is 13.2. The summed E-state index contributed by atoms with van der Waals surface area (Å²) in [6.07, 6.45) is -0.419. The largest absolute Gasteiger partial charge is 0.506 e. The second-order valence-corrected chi connectivity index (χ2v) is 7.18. The molecule has 2 aromatic carbocycles. The Bertz CT molecular complexity index is 876. The molecule has 0 bridgehead atoms. The van der Waals surface area contributed by atoms with E-state index >= 15 is 0 Å². The molecule has 0 aromatic heterocycles. The summed E-state index contributed by atoms with van der Waals surface area (Å²) in [6, 6.07) is 11.1. The highest BCUT2D eigenvalue weighted by molar-refractivity contribution is 9.10. The van der Waals surface area contributed by atoms with E-state index < -0.39 is 35.5 Å². The minimum Gasteiger partial charge on any atom is -0.506 e. The predicted molar refractivity (Wildman–Crippen MR) is 107 cm³/mol. The summed E-state index contributed by atoms with van der Waals surface area (Å²) < 4.78 is 10.6. The average molecular weight is 449 g/mol. The van der Waals surface area contributed by atoms with Crippen LogP contribution >= 0.6 is 15.9 Å². The zero-order chi connectivity index (χ0) is 20.8. The van der Waals surface area contributed by atoms with Crippen molar-refractivity contribution in [2.75, 3.05) is 6.61 Å². The Morgan fingerprint density at radius 2 is 1.68 bits per heavy atom. The molecule has 0 radical (unpaired) electrons. The quantitative estimate of drug-likeness (QED) is 0.386. The van der Waals surface area contributed by atoms with Gasteiger partial charge < -0.3 is 14.6 Å². The minimum absolute atomic E-state index is 0.113. The third-order valence-electron chi connectivity index (χ3n) is 3.82. The monoisotopic (exact) mass is 448 g/mol. The van der Waals surface area contributed by atoms with Gasteiger partial charge in [0, 0.05) is 4.47 Å². The number of aromatic hydroxyl groups is 1. The Morgan fingerprint density at radius 1 is 1.07 bits per heavy atom. The summed E-state index contributed by atoms with van der Waals surface area (Å²) >= 11 is 3.23. The first kappa shape index (κ1) is 21.6. The van der Waals surface area contributed by atoms with Crippen molar-refractivity contribution in [2.24, 2.45) is 0 Å². The Morgan fingerprint density at radius 3 is 2.25 bits per heavy atom. The van der Waals surface area contributed by atoms with Crippen molar-refractivity contribution in [1.29, 1.82) is 0 Å². The predicted octanol–water partition coefficient (Wildman–Crippen LogP) is 4.25. The number of phenolic OH excluding ortho intramolecular Hbond substituents is 1. The fourth-order valence-corrected chi connectivity index (χ4v) is 3.11. The van der Waals surface area contributed by atoms with Crippen LogP contribution in [0.25, 0.3) is 0 Å². The van der Waals surface area contributed by atoms with Crippen LogP contribution in [0.5, 0.6) is 5.75 Å². The lowest BCUT2D eigenvalue weighted by atomic mass is 9.89. The second kappa shape index (κ2) is 9.50. The molecule has 0 spiro atoms. The second-order valence-electron chi connectivity index (χ2n) is 6.26. The Labute approximate surface area is 171 Å². The molecule has 1 atom stereocenters. The molecule has 28 heavy (non-hydrogen) atoms. The normalized spacial score (nSPS) is 11.8. The maximum absolute atomic E-state index is 13.2. The van der Waals surface area contributed by atoms with Crippen LogP contribution in [0.4, 0.5) is 0 Å². The fourth-order valence-electron chi connectivity index (χ4n) is 2.65. The number of rotatable bonds is 7. The first-order chi connectivity index (χ1) is 13.3. The summed E-state index contributed by atoms with van der Waals surface area (Å²) in [4.78, 5) is 38.0. The van der Waals surface area contributed by atoms with Gasteiger partial charge >= 0.3 is 11.9 Å². The molecule has 6 nitrogen and oxygen atoms in total. The van der Waals surface area contributed by atoms with Gasteiger partial charge in [-0.2, -0.15) is 0 Å². The summed E-state index contributed by atoms with van der Waals surface area (Å²) in [7, 11) is 0. The van der Waals surface area contributed by atoms with Crippen LogP contribution in [0.3, 0.4) is 0 Å². The number of halogens is 1. The molecule has 148 valence electrons. The van der Waals surface area contributed by atoms with Crippen LogP contribution in [0.15, 0.2) is 46.9 Å². The van der Waals surface area contributed by atoms with Crippen molar-refractivity contribution in [2.45, 2.75) is 32.8 Å². The lowest BCUT2D eigenvalue weighted by Crippen LogP contribution is -2.27. The lowest BCUT2D eigenvalue weighted by molar-refractivity contribution is -0.147. The van der Waals surface area contributed by atoms with Crippen molar-refractivity contribution < 1.29 is 29.0 Å². The van der Waals surface area contributed by atoms with Gasteiger partial charge in [-0.15, -0.1) is 0 Å². The van der Waals surface area contributed by atoms with Gasteiger partial charge in [-0.3, -0.25) is 9.59 Å².